The minimum Gasteiger partial charge on any atom is -0.381 e. The standard InChI is InChI=1S/C12H21NO2/c1-3-4-10-9(2)11(14)13-12(10)5-7-15-8-6-12/h9-10H,3-8H2,1-2H3,(H,13,14). The van der Waals surface area contributed by atoms with E-state index in [2.05, 4.69) is 19.2 Å². The van der Waals surface area contributed by atoms with Crippen molar-refractivity contribution in [1.82, 2.24) is 5.32 Å². The lowest BCUT2D eigenvalue weighted by Crippen LogP contribution is -2.50. The molecule has 2 aliphatic rings. The number of nitrogens with one attached hydrogen (secondary N) is 1. The van der Waals surface area contributed by atoms with Crippen molar-refractivity contribution in [2.75, 3.05) is 13.2 Å². The molecular formula is C12H21NO2. The molecule has 0 aromatic rings. The normalized spacial score (nSPS) is 34.4. The quantitative estimate of drug-likeness (QED) is 0.755. The summed E-state index contributed by atoms with van der Waals surface area (Å²) >= 11 is 0. The van der Waals surface area contributed by atoms with E-state index in [1.807, 2.05) is 0 Å². The Morgan fingerprint density at radius 1 is 1.47 bits per heavy atom. The molecule has 86 valence electrons. The molecule has 15 heavy (non-hydrogen) atoms. The van der Waals surface area contributed by atoms with Gasteiger partial charge in [-0.2, -0.15) is 0 Å². The van der Waals surface area contributed by atoms with Crippen LogP contribution in [0.4, 0.5) is 0 Å². The average Bonchev–Trinajstić information content (AvgIpc) is 2.45. The molecule has 2 saturated heterocycles. The fraction of sp³-hybridized carbons (Fsp3) is 0.917. The molecule has 3 nitrogen and oxygen atoms in total. The van der Waals surface area contributed by atoms with Gasteiger partial charge in [0.05, 0.1) is 0 Å². The van der Waals surface area contributed by atoms with E-state index in [1.165, 1.54) is 0 Å². The lowest BCUT2D eigenvalue weighted by molar-refractivity contribution is -0.123. The van der Waals surface area contributed by atoms with E-state index in [0.29, 0.717) is 5.92 Å². The molecule has 0 aromatic carbocycles. The van der Waals surface area contributed by atoms with Crippen molar-refractivity contribution < 1.29 is 9.53 Å². The summed E-state index contributed by atoms with van der Waals surface area (Å²) in [6, 6.07) is 0. The van der Waals surface area contributed by atoms with Crippen LogP contribution in [0.5, 0.6) is 0 Å². The Hall–Kier alpha value is -0.570. The zero-order chi connectivity index (χ0) is 10.9. The highest BCUT2D eigenvalue weighted by Gasteiger charge is 2.50. The molecule has 2 heterocycles. The fourth-order valence-corrected chi connectivity index (χ4v) is 3.18. The maximum Gasteiger partial charge on any atom is 0.223 e. The van der Waals surface area contributed by atoms with Gasteiger partial charge in [-0.15, -0.1) is 0 Å². The molecule has 3 heteroatoms. The molecule has 2 aliphatic heterocycles. The number of ether oxygens (including phenoxy) is 1. The van der Waals surface area contributed by atoms with Gasteiger partial charge in [-0.1, -0.05) is 20.3 Å². The second-order valence-electron chi connectivity index (χ2n) is 4.94. The first kappa shape index (κ1) is 10.9. The number of carbonyl (C=O) groups excluding carboxylic acids is 1. The third-order valence-corrected chi connectivity index (χ3v) is 4.08. The summed E-state index contributed by atoms with van der Waals surface area (Å²) in [5.41, 5.74) is 0.0603. The van der Waals surface area contributed by atoms with Gasteiger partial charge in [0, 0.05) is 24.7 Å². The van der Waals surface area contributed by atoms with Gasteiger partial charge in [-0.3, -0.25) is 4.79 Å². The van der Waals surface area contributed by atoms with E-state index in [4.69, 9.17) is 4.74 Å². The largest absolute Gasteiger partial charge is 0.381 e. The molecule has 2 rings (SSSR count). The zero-order valence-electron chi connectivity index (χ0n) is 9.71. The minimum absolute atomic E-state index is 0.0603. The van der Waals surface area contributed by atoms with Crippen LogP contribution >= 0.6 is 0 Å². The Morgan fingerprint density at radius 2 is 2.13 bits per heavy atom. The summed E-state index contributed by atoms with van der Waals surface area (Å²) in [5.74, 6) is 0.942. The van der Waals surface area contributed by atoms with Crippen LogP contribution < -0.4 is 5.32 Å². The van der Waals surface area contributed by atoms with Gasteiger partial charge in [0.15, 0.2) is 0 Å². The van der Waals surface area contributed by atoms with Crippen LogP contribution in [0.15, 0.2) is 0 Å². The number of rotatable bonds is 2. The summed E-state index contributed by atoms with van der Waals surface area (Å²) in [4.78, 5) is 11.8. The van der Waals surface area contributed by atoms with Crippen molar-refractivity contribution in [2.24, 2.45) is 11.8 Å². The predicted molar refractivity (Wildman–Crippen MR) is 58.5 cm³/mol. The van der Waals surface area contributed by atoms with Crippen molar-refractivity contribution in [3.63, 3.8) is 0 Å². The van der Waals surface area contributed by atoms with Crippen molar-refractivity contribution in [2.45, 2.75) is 45.1 Å². The van der Waals surface area contributed by atoms with Crippen LogP contribution in [0.1, 0.15) is 39.5 Å². The molecule has 2 fully saturated rings. The lowest BCUT2D eigenvalue weighted by atomic mass is 9.73. The highest BCUT2D eigenvalue weighted by Crippen LogP contribution is 2.41. The maximum absolute atomic E-state index is 11.8. The third kappa shape index (κ3) is 1.78. The monoisotopic (exact) mass is 211 g/mol. The molecule has 2 unspecified atom stereocenters. The van der Waals surface area contributed by atoms with Gasteiger partial charge < -0.3 is 10.1 Å². The molecule has 0 aromatic heterocycles. The van der Waals surface area contributed by atoms with Crippen LogP contribution in [0, 0.1) is 11.8 Å². The maximum atomic E-state index is 11.8. The SMILES string of the molecule is CCCC1C(C)C(=O)NC12CCOCC2. The molecule has 1 amide bonds. The predicted octanol–water partition coefficient (Wildman–Crippen LogP) is 1.72. The molecule has 0 saturated carbocycles. The Kier molecular flexibility index (Phi) is 3.01. The molecule has 2 atom stereocenters. The van der Waals surface area contributed by atoms with Crippen LogP contribution in [0.25, 0.3) is 0 Å². The first-order chi connectivity index (χ1) is 7.19. The van der Waals surface area contributed by atoms with Gasteiger partial charge in [0.25, 0.3) is 0 Å². The van der Waals surface area contributed by atoms with Crippen LogP contribution in [-0.2, 0) is 9.53 Å². The van der Waals surface area contributed by atoms with Crippen LogP contribution in [0.3, 0.4) is 0 Å². The Bertz CT molecular complexity index is 246. The topological polar surface area (TPSA) is 38.3 Å². The Morgan fingerprint density at radius 3 is 2.73 bits per heavy atom. The van der Waals surface area contributed by atoms with Crippen molar-refractivity contribution in [3.05, 3.63) is 0 Å². The average molecular weight is 211 g/mol. The number of hydrogen-bond acceptors (Lipinski definition) is 2. The lowest BCUT2D eigenvalue weighted by Gasteiger charge is -2.39. The first-order valence-electron chi connectivity index (χ1n) is 6.09. The fourth-order valence-electron chi connectivity index (χ4n) is 3.18. The zero-order valence-corrected chi connectivity index (χ0v) is 9.71. The van der Waals surface area contributed by atoms with E-state index in [-0.39, 0.29) is 17.4 Å². The summed E-state index contributed by atoms with van der Waals surface area (Å²) in [7, 11) is 0. The van der Waals surface area contributed by atoms with Crippen LogP contribution in [-0.4, -0.2) is 24.7 Å². The van der Waals surface area contributed by atoms with Crippen LogP contribution in [0.2, 0.25) is 0 Å². The number of carbonyl (C=O) groups is 1. The number of hydrogen-bond donors (Lipinski definition) is 1. The van der Waals surface area contributed by atoms with E-state index >= 15 is 0 Å². The van der Waals surface area contributed by atoms with Gasteiger partial charge in [0.2, 0.25) is 5.91 Å². The highest BCUT2D eigenvalue weighted by molar-refractivity contribution is 5.82. The highest BCUT2D eigenvalue weighted by atomic mass is 16.5. The van der Waals surface area contributed by atoms with Gasteiger partial charge in [0.1, 0.15) is 0 Å². The molecule has 1 N–H and O–H groups in total. The Labute approximate surface area is 91.6 Å². The summed E-state index contributed by atoms with van der Waals surface area (Å²) in [6.07, 6.45) is 4.30. The van der Waals surface area contributed by atoms with Gasteiger partial charge in [-0.25, -0.2) is 0 Å². The molecule has 0 radical (unpaired) electrons. The van der Waals surface area contributed by atoms with Gasteiger partial charge in [-0.05, 0) is 25.2 Å². The third-order valence-electron chi connectivity index (χ3n) is 4.08. The second kappa shape index (κ2) is 4.12. The van der Waals surface area contributed by atoms with E-state index in [0.717, 1.165) is 38.9 Å². The van der Waals surface area contributed by atoms with E-state index < -0.39 is 0 Å². The minimum atomic E-state index is 0.0603. The van der Waals surface area contributed by atoms with Crippen molar-refractivity contribution in [3.8, 4) is 0 Å². The van der Waals surface area contributed by atoms with Crippen molar-refractivity contribution >= 4 is 5.91 Å². The molecule has 1 spiro atoms. The smallest absolute Gasteiger partial charge is 0.223 e. The second-order valence-corrected chi connectivity index (χ2v) is 4.94. The van der Waals surface area contributed by atoms with Crippen molar-refractivity contribution in [1.29, 1.82) is 0 Å². The van der Waals surface area contributed by atoms with E-state index in [1.54, 1.807) is 0 Å². The summed E-state index contributed by atoms with van der Waals surface area (Å²) in [5, 5.41) is 3.23. The molecular weight excluding hydrogens is 190 g/mol. The van der Waals surface area contributed by atoms with E-state index in [9.17, 15) is 4.79 Å². The summed E-state index contributed by atoms with van der Waals surface area (Å²) < 4.78 is 5.40. The first-order valence-corrected chi connectivity index (χ1v) is 6.09. The van der Waals surface area contributed by atoms with Gasteiger partial charge >= 0.3 is 0 Å². The number of amides is 1. The molecule has 0 aliphatic carbocycles. The molecule has 0 bridgehead atoms. The Balaban J connectivity index is 2.17. The summed E-state index contributed by atoms with van der Waals surface area (Å²) in [6.45, 7) is 5.86.